The molecule has 0 bridgehead atoms. The molecule has 5 rings (SSSR count). The second-order valence-corrected chi connectivity index (χ2v) is 7.19. The van der Waals surface area contributed by atoms with Gasteiger partial charge < -0.3 is 15.0 Å². The van der Waals surface area contributed by atoms with Gasteiger partial charge in [-0.1, -0.05) is 30.3 Å². The van der Waals surface area contributed by atoms with Gasteiger partial charge in [0, 0.05) is 31.5 Å². The summed E-state index contributed by atoms with van der Waals surface area (Å²) in [5, 5.41) is 7.19. The van der Waals surface area contributed by atoms with Crippen molar-refractivity contribution in [1.29, 1.82) is 0 Å². The van der Waals surface area contributed by atoms with Crippen LogP contribution in [0, 0.1) is 5.92 Å². The molecule has 2 aromatic carbocycles. The Balaban J connectivity index is 1.22. The first kappa shape index (κ1) is 18.8. The van der Waals surface area contributed by atoms with Crippen molar-refractivity contribution in [1.82, 2.24) is 19.7 Å². The molecule has 4 aromatic rings. The van der Waals surface area contributed by atoms with Crippen LogP contribution in [-0.4, -0.2) is 38.7 Å². The third kappa shape index (κ3) is 4.09. The fourth-order valence-corrected chi connectivity index (χ4v) is 3.38. The molecule has 3 heterocycles. The topological polar surface area (TPSA) is 85.2 Å². The van der Waals surface area contributed by atoms with Crippen LogP contribution in [0.2, 0.25) is 0 Å². The third-order valence-electron chi connectivity index (χ3n) is 5.07. The van der Waals surface area contributed by atoms with E-state index in [1.54, 1.807) is 10.9 Å². The fraction of sp³-hybridized carbons (Fsp3) is 0.130. The Kier molecular flexibility index (Phi) is 5.02. The van der Waals surface area contributed by atoms with Crippen molar-refractivity contribution in [2.45, 2.75) is 0 Å². The zero-order valence-electron chi connectivity index (χ0n) is 16.6. The predicted molar refractivity (Wildman–Crippen MR) is 116 cm³/mol. The summed E-state index contributed by atoms with van der Waals surface area (Å²) in [4.78, 5) is 23.4. The maximum Gasteiger partial charge on any atom is 0.231 e. The van der Waals surface area contributed by atoms with E-state index in [9.17, 15) is 4.79 Å². The Morgan fingerprint density at radius 2 is 1.74 bits per heavy atom. The summed E-state index contributed by atoms with van der Waals surface area (Å²) in [5.74, 6) is 2.62. The molecule has 1 amide bonds. The van der Waals surface area contributed by atoms with E-state index in [1.807, 2.05) is 77.8 Å². The lowest BCUT2D eigenvalue weighted by molar-refractivity contribution is -0.120. The third-order valence-corrected chi connectivity index (χ3v) is 5.07. The summed E-state index contributed by atoms with van der Waals surface area (Å²) in [6.07, 6.45) is 5.04. The summed E-state index contributed by atoms with van der Waals surface area (Å²) in [6.45, 7) is 1.17. The number of aromatic nitrogens is 4. The van der Waals surface area contributed by atoms with Gasteiger partial charge in [0.1, 0.15) is 17.9 Å². The Labute approximate surface area is 179 Å². The normalized spacial score (nSPS) is 13.5. The second-order valence-electron chi connectivity index (χ2n) is 7.19. The van der Waals surface area contributed by atoms with E-state index in [4.69, 9.17) is 4.74 Å². The van der Waals surface area contributed by atoms with Gasteiger partial charge in [-0.05, 0) is 30.3 Å². The van der Waals surface area contributed by atoms with Crippen LogP contribution in [0.5, 0.6) is 11.5 Å². The van der Waals surface area contributed by atoms with Gasteiger partial charge >= 0.3 is 0 Å². The molecule has 1 N–H and O–H groups in total. The number of hydrogen-bond donors (Lipinski definition) is 1. The Morgan fingerprint density at radius 1 is 0.968 bits per heavy atom. The molecule has 0 saturated carbocycles. The number of para-hydroxylation sites is 3. The first-order valence-corrected chi connectivity index (χ1v) is 9.96. The standard InChI is InChI=1S/C23H20N6O2/c30-23(27-19-9-4-5-10-20(19)31-18-7-2-1-3-8-18)17-14-28(15-17)21-13-22(25-16-24-21)29-12-6-11-26-29/h1-13,16-17H,14-15H2,(H,27,30). The largest absolute Gasteiger partial charge is 0.455 e. The average Bonchev–Trinajstić information content (AvgIpc) is 3.30. The Morgan fingerprint density at radius 3 is 2.55 bits per heavy atom. The molecule has 0 spiro atoms. The van der Waals surface area contributed by atoms with E-state index in [-0.39, 0.29) is 11.8 Å². The molecule has 1 fully saturated rings. The number of benzene rings is 2. The fourth-order valence-electron chi connectivity index (χ4n) is 3.38. The monoisotopic (exact) mass is 412 g/mol. The zero-order valence-corrected chi connectivity index (χ0v) is 16.6. The molecule has 0 atom stereocenters. The summed E-state index contributed by atoms with van der Waals surface area (Å²) < 4.78 is 7.61. The SMILES string of the molecule is O=C(Nc1ccccc1Oc1ccccc1)C1CN(c2cc(-n3cccn3)ncn2)C1. The van der Waals surface area contributed by atoms with Gasteiger partial charge in [0.05, 0.1) is 11.6 Å². The summed E-state index contributed by atoms with van der Waals surface area (Å²) in [5.41, 5.74) is 0.651. The van der Waals surface area contributed by atoms with Gasteiger partial charge in [-0.2, -0.15) is 5.10 Å². The van der Waals surface area contributed by atoms with Gasteiger partial charge in [0.15, 0.2) is 11.6 Å². The van der Waals surface area contributed by atoms with Crippen LogP contribution in [0.3, 0.4) is 0 Å². The molecule has 154 valence electrons. The lowest BCUT2D eigenvalue weighted by Gasteiger charge is -2.39. The second kappa shape index (κ2) is 8.27. The number of anilines is 2. The molecular formula is C23H20N6O2. The van der Waals surface area contributed by atoms with Crippen molar-refractivity contribution >= 4 is 17.4 Å². The minimum absolute atomic E-state index is 0.0401. The molecular weight excluding hydrogens is 392 g/mol. The van der Waals surface area contributed by atoms with Gasteiger partial charge in [-0.15, -0.1) is 0 Å². The van der Waals surface area contributed by atoms with E-state index >= 15 is 0 Å². The summed E-state index contributed by atoms with van der Waals surface area (Å²) >= 11 is 0. The van der Waals surface area contributed by atoms with Crippen molar-refractivity contribution in [2.24, 2.45) is 5.92 Å². The summed E-state index contributed by atoms with van der Waals surface area (Å²) in [6, 6.07) is 20.6. The number of nitrogens with one attached hydrogen (secondary N) is 1. The van der Waals surface area contributed by atoms with E-state index in [1.165, 1.54) is 6.33 Å². The number of carbonyl (C=O) groups excluding carboxylic acids is 1. The maximum atomic E-state index is 12.8. The molecule has 31 heavy (non-hydrogen) atoms. The van der Waals surface area contributed by atoms with Crippen molar-refractivity contribution in [3.8, 4) is 17.3 Å². The number of nitrogens with zero attached hydrogens (tertiary/aromatic N) is 5. The molecule has 8 heteroatoms. The zero-order chi connectivity index (χ0) is 21.0. The minimum atomic E-state index is -0.132. The van der Waals surface area contributed by atoms with Crippen LogP contribution < -0.4 is 15.0 Å². The van der Waals surface area contributed by atoms with E-state index in [0.717, 1.165) is 11.6 Å². The lowest BCUT2D eigenvalue weighted by Crippen LogP contribution is -2.52. The first-order valence-electron chi connectivity index (χ1n) is 9.96. The quantitative estimate of drug-likeness (QED) is 0.522. The molecule has 1 aliphatic heterocycles. The highest BCUT2D eigenvalue weighted by molar-refractivity contribution is 5.95. The van der Waals surface area contributed by atoms with Crippen LogP contribution in [0.4, 0.5) is 11.5 Å². The maximum absolute atomic E-state index is 12.8. The molecule has 1 aliphatic rings. The number of ether oxygens (including phenoxy) is 1. The van der Waals surface area contributed by atoms with Gasteiger partial charge in [0.2, 0.25) is 5.91 Å². The molecule has 0 aliphatic carbocycles. The smallest absolute Gasteiger partial charge is 0.231 e. The van der Waals surface area contributed by atoms with Gasteiger partial charge in [-0.25, -0.2) is 14.6 Å². The molecule has 0 unspecified atom stereocenters. The average molecular weight is 412 g/mol. The lowest BCUT2D eigenvalue weighted by atomic mass is 9.99. The first-order chi connectivity index (χ1) is 15.3. The predicted octanol–water partition coefficient (Wildman–Crippen LogP) is 3.53. The van der Waals surface area contributed by atoms with Crippen LogP contribution in [0.25, 0.3) is 5.82 Å². The van der Waals surface area contributed by atoms with Crippen LogP contribution in [0.15, 0.2) is 85.5 Å². The Bertz CT molecular complexity index is 1170. The van der Waals surface area contributed by atoms with Crippen LogP contribution in [0.1, 0.15) is 0 Å². The highest BCUT2D eigenvalue weighted by atomic mass is 16.5. The number of hydrogen-bond acceptors (Lipinski definition) is 6. The van der Waals surface area contributed by atoms with E-state index < -0.39 is 0 Å². The number of rotatable bonds is 6. The highest BCUT2D eigenvalue weighted by Crippen LogP contribution is 2.31. The highest BCUT2D eigenvalue weighted by Gasteiger charge is 2.34. The molecule has 2 aromatic heterocycles. The number of amides is 1. The molecule has 0 radical (unpaired) electrons. The van der Waals surface area contributed by atoms with E-state index in [2.05, 4.69) is 20.4 Å². The Hall–Kier alpha value is -4.20. The van der Waals surface area contributed by atoms with Crippen LogP contribution in [-0.2, 0) is 4.79 Å². The van der Waals surface area contributed by atoms with Crippen molar-refractivity contribution < 1.29 is 9.53 Å². The van der Waals surface area contributed by atoms with Crippen molar-refractivity contribution in [2.75, 3.05) is 23.3 Å². The van der Waals surface area contributed by atoms with E-state index in [0.29, 0.717) is 30.3 Å². The number of carbonyl (C=O) groups is 1. The van der Waals surface area contributed by atoms with Crippen molar-refractivity contribution in [3.05, 3.63) is 85.5 Å². The van der Waals surface area contributed by atoms with Crippen molar-refractivity contribution in [3.63, 3.8) is 0 Å². The van der Waals surface area contributed by atoms with Crippen LogP contribution >= 0.6 is 0 Å². The van der Waals surface area contributed by atoms with Gasteiger partial charge in [0.25, 0.3) is 0 Å². The van der Waals surface area contributed by atoms with Gasteiger partial charge in [-0.3, -0.25) is 4.79 Å². The molecule has 1 saturated heterocycles. The summed E-state index contributed by atoms with van der Waals surface area (Å²) in [7, 11) is 0. The molecule has 8 nitrogen and oxygen atoms in total. The minimum Gasteiger partial charge on any atom is -0.455 e.